The van der Waals surface area contributed by atoms with Crippen molar-refractivity contribution in [3.05, 3.63) is 34.3 Å². The van der Waals surface area contributed by atoms with Gasteiger partial charge in [-0.2, -0.15) is 0 Å². The van der Waals surface area contributed by atoms with Gasteiger partial charge in [0, 0.05) is 5.02 Å². The Labute approximate surface area is 97.1 Å². The molecule has 2 heteroatoms. The van der Waals surface area contributed by atoms with Gasteiger partial charge in [-0.25, -0.2) is 0 Å². The second kappa shape index (κ2) is 5.53. The molecule has 0 bridgehead atoms. The minimum atomic E-state index is -0.234. The third-order valence-electron chi connectivity index (χ3n) is 2.69. The van der Waals surface area contributed by atoms with Gasteiger partial charge < -0.3 is 5.11 Å². The Hall–Kier alpha value is -0.530. The lowest BCUT2D eigenvalue weighted by Gasteiger charge is -2.14. The molecule has 1 unspecified atom stereocenters. The van der Waals surface area contributed by atoms with Crippen molar-refractivity contribution in [1.29, 1.82) is 0 Å². The zero-order valence-electron chi connectivity index (χ0n) is 9.63. The molecule has 1 aromatic carbocycles. The lowest BCUT2D eigenvalue weighted by molar-refractivity contribution is 0.116. The Morgan fingerprint density at radius 1 is 1.33 bits per heavy atom. The third kappa shape index (κ3) is 3.84. The highest BCUT2D eigenvalue weighted by Gasteiger charge is 2.10. The highest BCUT2D eigenvalue weighted by atomic mass is 35.5. The minimum absolute atomic E-state index is 0.234. The molecular weight excluding hydrogens is 208 g/mol. The zero-order valence-corrected chi connectivity index (χ0v) is 10.4. The van der Waals surface area contributed by atoms with Crippen molar-refractivity contribution in [2.75, 3.05) is 0 Å². The maximum atomic E-state index is 9.69. The van der Waals surface area contributed by atoms with Crippen molar-refractivity contribution in [2.24, 2.45) is 5.92 Å². The maximum Gasteiger partial charge on any atom is 0.0566 e. The SMILES string of the molecule is Cc1ccc(CCC(O)C(C)C)c(Cl)c1. The average Bonchev–Trinajstić information content (AvgIpc) is 2.15. The summed E-state index contributed by atoms with van der Waals surface area (Å²) in [5, 5.41) is 10.5. The van der Waals surface area contributed by atoms with Crippen LogP contribution in [0.15, 0.2) is 18.2 Å². The Balaban J connectivity index is 2.58. The van der Waals surface area contributed by atoms with Gasteiger partial charge >= 0.3 is 0 Å². The summed E-state index contributed by atoms with van der Waals surface area (Å²) in [6.45, 7) is 6.08. The molecule has 15 heavy (non-hydrogen) atoms. The van der Waals surface area contributed by atoms with Gasteiger partial charge in [-0.3, -0.25) is 0 Å². The molecule has 1 nitrogen and oxygen atoms in total. The van der Waals surface area contributed by atoms with Crippen molar-refractivity contribution in [2.45, 2.75) is 39.7 Å². The number of aryl methyl sites for hydroxylation is 2. The summed E-state index contributed by atoms with van der Waals surface area (Å²) < 4.78 is 0. The molecule has 0 saturated carbocycles. The van der Waals surface area contributed by atoms with E-state index in [2.05, 4.69) is 6.07 Å². The fourth-order valence-corrected chi connectivity index (χ4v) is 1.82. The number of aliphatic hydroxyl groups excluding tert-OH is 1. The molecule has 0 fully saturated rings. The van der Waals surface area contributed by atoms with Gasteiger partial charge in [0.05, 0.1) is 6.10 Å². The molecule has 0 aliphatic heterocycles. The van der Waals surface area contributed by atoms with E-state index in [1.54, 1.807) is 0 Å². The number of aliphatic hydroxyl groups is 1. The molecule has 0 amide bonds. The van der Waals surface area contributed by atoms with E-state index in [0.29, 0.717) is 5.92 Å². The van der Waals surface area contributed by atoms with Crippen LogP contribution in [-0.2, 0) is 6.42 Å². The molecule has 1 rings (SSSR count). The molecule has 0 radical (unpaired) electrons. The first-order chi connectivity index (χ1) is 7.00. The summed E-state index contributed by atoms with van der Waals surface area (Å²) in [5.74, 6) is 0.314. The van der Waals surface area contributed by atoms with Crippen LogP contribution in [0.1, 0.15) is 31.4 Å². The number of hydrogen-bond acceptors (Lipinski definition) is 1. The lowest BCUT2D eigenvalue weighted by atomic mass is 9.99. The monoisotopic (exact) mass is 226 g/mol. The van der Waals surface area contributed by atoms with Gasteiger partial charge in [-0.1, -0.05) is 37.6 Å². The van der Waals surface area contributed by atoms with E-state index < -0.39 is 0 Å². The van der Waals surface area contributed by atoms with Gasteiger partial charge in [0.2, 0.25) is 0 Å². The Kier molecular flexibility index (Phi) is 4.62. The molecule has 0 aliphatic carbocycles. The highest BCUT2D eigenvalue weighted by molar-refractivity contribution is 6.31. The number of benzene rings is 1. The fraction of sp³-hybridized carbons (Fsp3) is 0.538. The summed E-state index contributed by atoms with van der Waals surface area (Å²) >= 11 is 6.11. The molecule has 0 aromatic heterocycles. The number of rotatable bonds is 4. The van der Waals surface area contributed by atoms with Crippen molar-refractivity contribution in [3.63, 3.8) is 0 Å². The van der Waals surface area contributed by atoms with Crippen LogP contribution in [0.4, 0.5) is 0 Å². The predicted molar refractivity (Wildman–Crippen MR) is 65.4 cm³/mol. The quantitative estimate of drug-likeness (QED) is 0.832. The topological polar surface area (TPSA) is 20.2 Å². The van der Waals surface area contributed by atoms with Gasteiger partial charge in [0.25, 0.3) is 0 Å². The maximum absolute atomic E-state index is 9.69. The van der Waals surface area contributed by atoms with Gasteiger partial charge in [-0.15, -0.1) is 0 Å². The van der Waals surface area contributed by atoms with E-state index in [0.717, 1.165) is 23.4 Å². The molecule has 84 valence electrons. The van der Waals surface area contributed by atoms with Crippen LogP contribution in [-0.4, -0.2) is 11.2 Å². The van der Waals surface area contributed by atoms with Gasteiger partial charge in [0.1, 0.15) is 0 Å². The van der Waals surface area contributed by atoms with Crippen LogP contribution < -0.4 is 0 Å². The molecule has 1 atom stereocenters. The smallest absolute Gasteiger partial charge is 0.0566 e. The second-order valence-corrected chi connectivity index (χ2v) is 4.85. The summed E-state index contributed by atoms with van der Waals surface area (Å²) in [4.78, 5) is 0. The first-order valence-corrected chi connectivity index (χ1v) is 5.81. The van der Waals surface area contributed by atoms with E-state index in [9.17, 15) is 5.11 Å². The average molecular weight is 227 g/mol. The van der Waals surface area contributed by atoms with Crippen molar-refractivity contribution < 1.29 is 5.11 Å². The molecule has 1 N–H and O–H groups in total. The summed E-state index contributed by atoms with van der Waals surface area (Å²) in [6.07, 6.45) is 1.39. The largest absolute Gasteiger partial charge is 0.393 e. The first-order valence-electron chi connectivity index (χ1n) is 5.44. The van der Waals surface area contributed by atoms with Crippen LogP contribution in [0, 0.1) is 12.8 Å². The Morgan fingerprint density at radius 3 is 2.53 bits per heavy atom. The summed E-state index contributed by atoms with van der Waals surface area (Å²) in [7, 11) is 0. The minimum Gasteiger partial charge on any atom is -0.393 e. The fourth-order valence-electron chi connectivity index (χ4n) is 1.49. The molecule has 0 saturated heterocycles. The van der Waals surface area contributed by atoms with Gasteiger partial charge in [-0.05, 0) is 42.9 Å². The predicted octanol–water partition coefficient (Wildman–Crippen LogP) is 3.60. The molecule has 1 aromatic rings. The molecular formula is C13H19ClO. The molecule has 0 spiro atoms. The van der Waals surface area contributed by atoms with Crippen LogP contribution in [0.5, 0.6) is 0 Å². The van der Waals surface area contributed by atoms with Gasteiger partial charge in [0.15, 0.2) is 0 Å². The Bertz CT molecular complexity index is 320. The molecule has 0 heterocycles. The van der Waals surface area contributed by atoms with Crippen molar-refractivity contribution in [1.82, 2.24) is 0 Å². The van der Waals surface area contributed by atoms with Crippen molar-refractivity contribution >= 4 is 11.6 Å². The van der Waals surface area contributed by atoms with Crippen LogP contribution in [0.2, 0.25) is 5.02 Å². The van der Waals surface area contributed by atoms with E-state index in [4.69, 9.17) is 11.6 Å². The summed E-state index contributed by atoms with van der Waals surface area (Å²) in [5.41, 5.74) is 2.30. The highest BCUT2D eigenvalue weighted by Crippen LogP contribution is 2.20. The Morgan fingerprint density at radius 2 is 2.00 bits per heavy atom. The van der Waals surface area contributed by atoms with E-state index in [1.807, 2.05) is 32.9 Å². The number of hydrogen-bond donors (Lipinski definition) is 1. The summed E-state index contributed by atoms with van der Waals surface area (Å²) in [6, 6.07) is 6.08. The first kappa shape index (κ1) is 12.5. The van der Waals surface area contributed by atoms with E-state index in [-0.39, 0.29) is 6.10 Å². The standard InChI is InChI=1S/C13H19ClO/c1-9(2)13(15)7-6-11-5-4-10(3)8-12(11)14/h4-5,8-9,13,15H,6-7H2,1-3H3. The van der Waals surface area contributed by atoms with Crippen LogP contribution >= 0.6 is 11.6 Å². The van der Waals surface area contributed by atoms with E-state index in [1.165, 1.54) is 5.56 Å². The zero-order chi connectivity index (χ0) is 11.4. The third-order valence-corrected chi connectivity index (χ3v) is 3.04. The van der Waals surface area contributed by atoms with Crippen LogP contribution in [0.25, 0.3) is 0 Å². The van der Waals surface area contributed by atoms with Crippen LogP contribution in [0.3, 0.4) is 0 Å². The lowest BCUT2D eigenvalue weighted by Crippen LogP contribution is -2.15. The normalized spacial score (nSPS) is 13.2. The molecule has 0 aliphatic rings. The van der Waals surface area contributed by atoms with E-state index >= 15 is 0 Å². The second-order valence-electron chi connectivity index (χ2n) is 4.44. The number of halogens is 1. The van der Waals surface area contributed by atoms with Crippen molar-refractivity contribution in [3.8, 4) is 0 Å².